The van der Waals surface area contributed by atoms with Crippen LogP contribution in [0.5, 0.6) is 11.5 Å². The van der Waals surface area contributed by atoms with Gasteiger partial charge in [-0.2, -0.15) is 0 Å². The molecule has 0 atom stereocenters. The normalized spacial score (nSPS) is 15.6. The minimum Gasteiger partial charge on any atom is -0.454 e. The van der Waals surface area contributed by atoms with Crippen LogP contribution >= 0.6 is 0 Å². The van der Waals surface area contributed by atoms with Crippen molar-refractivity contribution in [2.24, 2.45) is 0 Å². The molecule has 32 heavy (non-hydrogen) atoms. The van der Waals surface area contributed by atoms with Crippen molar-refractivity contribution < 1.29 is 14.3 Å². The SMILES string of the molecule is CC(C)(C)NC(=O)N1CC=C(c2cc3c(Nc4ccc5c(c4)OCO5)ccnc3[nH]2)CC1. The van der Waals surface area contributed by atoms with Crippen molar-refractivity contribution in [3.8, 4) is 11.5 Å². The summed E-state index contributed by atoms with van der Waals surface area (Å²) in [6.07, 6.45) is 4.68. The molecule has 0 bridgehead atoms. The van der Waals surface area contributed by atoms with Gasteiger partial charge in [-0.1, -0.05) is 6.08 Å². The Kier molecular flexibility index (Phi) is 4.92. The minimum absolute atomic E-state index is 0.0266. The number of hydrogen-bond donors (Lipinski definition) is 3. The van der Waals surface area contributed by atoms with Crippen LogP contribution in [0.1, 0.15) is 32.9 Å². The number of pyridine rings is 1. The lowest BCUT2D eigenvalue weighted by atomic mass is 10.0. The first-order valence-electron chi connectivity index (χ1n) is 10.8. The molecule has 0 saturated carbocycles. The number of benzene rings is 1. The van der Waals surface area contributed by atoms with Gasteiger partial charge in [0.1, 0.15) is 5.65 Å². The number of carbonyl (C=O) groups excluding carboxylic acids is 1. The van der Waals surface area contributed by atoms with E-state index in [1.165, 1.54) is 5.57 Å². The number of nitrogens with one attached hydrogen (secondary N) is 3. The van der Waals surface area contributed by atoms with Gasteiger partial charge in [0, 0.05) is 47.7 Å². The smallest absolute Gasteiger partial charge is 0.318 e. The molecular formula is C24H27N5O3. The van der Waals surface area contributed by atoms with E-state index in [1.807, 2.05) is 49.9 Å². The van der Waals surface area contributed by atoms with Crippen LogP contribution in [0.25, 0.3) is 16.6 Å². The third-order valence-corrected chi connectivity index (χ3v) is 5.51. The van der Waals surface area contributed by atoms with Gasteiger partial charge in [0.15, 0.2) is 11.5 Å². The molecule has 3 N–H and O–H groups in total. The molecule has 0 spiro atoms. The third kappa shape index (κ3) is 4.08. The van der Waals surface area contributed by atoms with E-state index in [1.54, 1.807) is 6.20 Å². The predicted molar refractivity (Wildman–Crippen MR) is 124 cm³/mol. The Morgan fingerprint density at radius 2 is 2.00 bits per heavy atom. The quantitative estimate of drug-likeness (QED) is 0.560. The van der Waals surface area contributed by atoms with Crippen LogP contribution in [0.2, 0.25) is 0 Å². The summed E-state index contributed by atoms with van der Waals surface area (Å²) in [6.45, 7) is 7.49. The van der Waals surface area contributed by atoms with Crippen LogP contribution in [0.4, 0.5) is 16.2 Å². The van der Waals surface area contributed by atoms with Crippen LogP contribution in [-0.4, -0.2) is 46.3 Å². The minimum atomic E-state index is -0.245. The number of aromatic amines is 1. The van der Waals surface area contributed by atoms with Gasteiger partial charge in [0.25, 0.3) is 0 Å². The number of urea groups is 1. The van der Waals surface area contributed by atoms with Crippen molar-refractivity contribution >= 4 is 34.0 Å². The molecule has 5 rings (SSSR count). The average Bonchev–Trinajstić information content (AvgIpc) is 3.40. The van der Waals surface area contributed by atoms with Gasteiger partial charge in [-0.3, -0.25) is 0 Å². The molecular weight excluding hydrogens is 406 g/mol. The van der Waals surface area contributed by atoms with Crippen LogP contribution in [0.15, 0.2) is 42.6 Å². The van der Waals surface area contributed by atoms with E-state index in [2.05, 4.69) is 32.7 Å². The van der Waals surface area contributed by atoms with E-state index in [4.69, 9.17) is 9.47 Å². The van der Waals surface area contributed by atoms with Gasteiger partial charge in [0.05, 0.1) is 5.69 Å². The van der Waals surface area contributed by atoms with Gasteiger partial charge in [0.2, 0.25) is 6.79 Å². The monoisotopic (exact) mass is 433 g/mol. The fourth-order valence-electron chi connectivity index (χ4n) is 3.94. The highest BCUT2D eigenvalue weighted by atomic mass is 16.7. The van der Waals surface area contributed by atoms with Crippen LogP contribution in [-0.2, 0) is 0 Å². The van der Waals surface area contributed by atoms with E-state index < -0.39 is 0 Å². The topological polar surface area (TPSA) is 91.5 Å². The third-order valence-electron chi connectivity index (χ3n) is 5.51. The number of anilines is 2. The van der Waals surface area contributed by atoms with Crippen LogP contribution in [0, 0.1) is 0 Å². The number of amides is 2. The molecule has 8 nitrogen and oxygen atoms in total. The fraction of sp³-hybridized carbons (Fsp3) is 0.333. The van der Waals surface area contributed by atoms with Crippen molar-refractivity contribution in [1.82, 2.24) is 20.2 Å². The Morgan fingerprint density at radius 1 is 1.16 bits per heavy atom. The number of fused-ring (bicyclic) bond motifs is 2. The molecule has 2 aromatic heterocycles. The molecule has 2 aliphatic rings. The number of carbonyl (C=O) groups is 1. The Labute approximate surface area is 186 Å². The summed E-state index contributed by atoms with van der Waals surface area (Å²) >= 11 is 0. The van der Waals surface area contributed by atoms with E-state index in [0.717, 1.165) is 46.0 Å². The van der Waals surface area contributed by atoms with Crippen molar-refractivity contribution in [2.45, 2.75) is 32.7 Å². The zero-order valence-corrected chi connectivity index (χ0v) is 18.5. The van der Waals surface area contributed by atoms with Crippen molar-refractivity contribution in [3.63, 3.8) is 0 Å². The lowest BCUT2D eigenvalue weighted by molar-refractivity contribution is 0.174. The molecule has 0 unspecified atom stereocenters. The Morgan fingerprint density at radius 3 is 2.78 bits per heavy atom. The maximum absolute atomic E-state index is 12.4. The standard InChI is InChI=1S/C24H27N5O3/c1-24(2,3)28-23(30)29-10-7-15(8-11-29)19-13-17-18(6-9-25-22(17)27-19)26-16-4-5-20-21(12-16)32-14-31-20/h4-7,9,12-13H,8,10-11,14H2,1-3H3,(H,28,30)(H2,25,26,27). The predicted octanol–water partition coefficient (Wildman–Crippen LogP) is 4.63. The van der Waals surface area contributed by atoms with E-state index in [-0.39, 0.29) is 18.4 Å². The highest BCUT2D eigenvalue weighted by molar-refractivity contribution is 5.94. The lowest BCUT2D eigenvalue weighted by Crippen LogP contribution is -2.49. The summed E-state index contributed by atoms with van der Waals surface area (Å²) in [6, 6.07) is 9.85. The maximum atomic E-state index is 12.4. The largest absolute Gasteiger partial charge is 0.454 e. The molecule has 0 radical (unpaired) electrons. The van der Waals surface area contributed by atoms with Crippen LogP contribution < -0.4 is 20.1 Å². The van der Waals surface area contributed by atoms with Gasteiger partial charge in [-0.25, -0.2) is 9.78 Å². The number of hydrogen-bond acceptors (Lipinski definition) is 5. The Hall–Kier alpha value is -3.68. The Bertz CT molecular complexity index is 1210. The summed E-state index contributed by atoms with van der Waals surface area (Å²) in [4.78, 5) is 22.2. The Balaban J connectivity index is 1.35. The average molecular weight is 434 g/mol. The van der Waals surface area contributed by atoms with E-state index in [9.17, 15) is 4.79 Å². The molecule has 2 aliphatic heterocycles. The number of rotatable bonds is 3. The van der Waals surface area contributed by atoms with Gasteiger partial charge in [-0.15, -0.1) is 0 Å². The molecule has 4 heterocycles. The molecule has 166 valence electrons. The van der Waals surface area contributed by atoms with Crippen molar-refractivity contribution in [1.29, 1.82) is 0 Å². The number of nitrogens with zero attached hydrogens (tertiary/aromatic N) is 2. The second-order valence-corrected chi connectivity index (χ2v) is 9.10. The zero-order chi connectivity index (χ0) is 22.3. The first kappa shape index (κ1) is 20.2. The first-order chi connectivity index (χ1) is 15.4. The molecule has 8 heteroatoms. The highest BCUT2D eigenvalue weighted by Gasteiger charge is 2.22. The molecule has 1 aromatic carbocycles. The second-order valence-electron chi connectivity index (χ2n) is 9.10. The van der Waals surface area contributed by atoms with Crippen molar-refractivity contribution in [3.05, 3.63) is 48.3 Å². The summed E-state index contributed by atoms with van der Waals surface area (Å²) in [5.41, 5.74) is 4.67. The van der Waals surface area contributed by atoms with Gasteiger partial charge >= 0.3 is 6.03 Å². The van der Waals surface area contributed by atoms with E-state index >= 15 is 0 Å². The molecule has 0 aliphatic carbocycles. The van der Waals surface area contributed by atoms with Gasteiger partial charge < -0.3 is 30.0 Å². The summed E-state index contributed by atoms with van der Waals surface area (Å²) in [5.74, 6) is 1.50. The second kappa shape index (κ2) is 7.78. The summed E-state index contributed by atoms with van der Waals surface area (Å²) in [5, 5.41) is 7.49. The lowest BCUT2D eigenvalue weighted by Gasteiger charge is -2.30. The first-order valence-corrected chi connectivity index (χ1v) is 10.8. The van der Waals surface area contributed by atoms with Crippen molar-refractivity contribution in [2.75, 3.05) is 25.2 Å². The summed E-state index contributed by atoms with van der Waals surface area (Å²) in [7, 11) is 0. The molecule has 0 saturated heterocycles. The summed E-state index contributed by atoms with van der Waals surface area (Å²) < 4.78 is 10.9. The molecule has 3 aromatic rings. The number of aromatic nitrogens is 2. The molecule has 0 fully saturated rings. The van der Waals surface area contributed by atoms with E-state index in [0.29, 0.717) is 13.1 Å². The van der Waals surface area contributed by atoms with Gasteiger partial charge in [-0.05, 0) is 57.0 Å². The number of ether oxygens (including phenoxy) is 2. The zero-order valence-electron chi connectivity index (χ0n) is 18.5. The van der Waals surface area contributed by atoms with Crippen LogP contribution in [0.3, 0.4) is 0 Å². The maximum Gasteiger partial charge on any atom is 0.318 e. The fourth-order valence-corrected chi connectivity index (χ4v) is 3.94. The highest BCUT2D eigenvalue weighted by Crippen LogP contribution is 2.36. The number of H-pyrrole nitrogens is 1. The molecule has 2 amide bonds.